The molecule has 1 saturated heterocycles. The van der Waals surface area contributed by atoms with E-state index >= 15 is 0 Å². The van der Waals surface area contributed by atoms with Gasteiger partial charge in [0.25, 0.3) is 5.56 Å². The number of pyridine rings is 1. The van der Waals surface area contributed by atoms with E-state index in [2.05, 4.69) is 0 Å². The van der Waals surface area contributed by atoms with Gasteiger partial charge in [-0.05, 0) is 31.0 Å². The Kier molecular flexibility index (Phi) is 5.92. The summed E-state index contributed by atoms with van der Waals surface area (Å²) in [4.78, 5) is 26.2. The van der Waals surface area contributed by atoms with Crippen LogP contribution in [0, 0.1) is 11.3 Å². The number of nitrogens with zero attached hydrogens (tertiary/aromatic N) is 4. The molecule has 28 heavy (non-hydrogen) atoms. The molecule has 146 valence electrons. The van der Waals surface area contributed by atoms with Crippen molar-refractivity contribution in [2.45, 2.75) is 24.3 Å². The van der Waals surface area contributed by atoms with E-state index in [0.29, 0.717) is 18.8 Å². The molecule has 2 aromatic rings. The quantitative estimate of drug-likeness (QED) is 0.678. The molecule has 1 aromatic carbocycles. The summed E-state index contributed by atoms with van der Waals surface area (Å²) >= 11 is 0. The van der Waals surface area contributed by atoms with Gasteiger partial charge in [-0.15, -0.1) is 0 Å². The number of benzene rings is 1. The average molecular weight is 400 g/mol. The second-order valence-corrected chi connectivity index (χ2v) is 8.35. The van der Waals surface area contributed by atoms with Crippen LogP contribution in [0.2, 0.25) is 0 Å². The molecule has 0 aliphatic carbocycles. The van der Waals surface area contributed by atoms with Crippen LogP contribution < -0.4 is 10.5 Å². The van der Waals surface area contributed by atoms with Crippen molar-refractivity contribution in [3.05, 3.63) is 59.0 Å². The number of aromatic nitrogens is 1. The molecule has 8 nitrogen and oxygen atoms in total. The van der Waals surface area contributed by atoms with Crippen LogP contribution in [0.1, 0.15) is 12.8 Å². The molecule has 1 aromatic heterocycles. The van der Waals surface area contributed by atoms with E-state index in [1.54, 1.807) is 30.3 Å². The summed E-state index contributed by atoms with van der Waals surface area (Å²) in [6, 6.07) is 13.0. The second kappa shape index (κ2) is 8.37. The third kappa shape index (κ3) is 4.13. The number of carbonyl (C=O) groups is 1. The van der Waals surface area contributed by atoms with E-state index in [0.717, 1.165) is 23.5 Å². The number of nitriles is 1. The molecule has 1 amide bonds. The summed E-state index contributed by atoms with van der Waals surface area (Å²) in [5.74, 6) is -0.481. The highest BCUT2D eigenvalue weighted by Gasteiger charge is 2.28. The van der Waals surface area contributed by atoms with Gasteiger partial charge in [0.2, 0.25) is 15.9 Å². The first-order chi connectivity index (χ1) is 13.4. The van der Waals surface area contributed by atoms with Gasteiger partial charge in [-0.1, -0.05) is 18.2 Å². The Labute approximate surface area is 163 Å². The van der Waals surface area contributed by atoms with E-state index in [1.807, 2.05) is 6.07 Å². The SMILES string of the molecule is N#CCN(C(=O)Cn1cc(S(=O)(=O)N2CCCC2)ccc1=O)c1ccccc1. The van der Waals surface area contributed by atoms with Crippen molar-refractivity contribution in [2.24, 2.45) is 0 Å². The van der Waals surface area contributed by atoms with Crippen LogP contribution >= 0.6 is 0 Å². The Morgan fingerprint density at radius 3 is 2.43 bits per heavy atom. The number of hydrogen-bond donors (Lipinski definition) is 0. The molecule has 1 fully saturated rings. The molecule has 0 saturated carbocycles. The van der Waals surface area contributed by atoms with Crippen LogP contribution in [0.4, 0.5) is 5.69 Å². The summed E-state index contributed by atoms with van der Waals surface area (Å²) in [5.41, 5.74) is 0.0432. The smallest absolute Gasteiger partial charge is 0.251 e. The number of amides is 1. The molecule has 0 unspecified atom stereocenters. The number of hydrogen-bond acceptors (Lipinski definition) is 5. The van der Waals surface area contributed by atoms with Crippen molar-refractivity contribution in [3.63, 3.8) is 0 Å². The van der Waals surface area contributed by atoms with Crippen LogP contribution in [0.15, 0.2) is 58.4 Å². The lowest BCUT2D eigenvalue weighted by atomic mass is 10.3. The molecular formula is C19H20N4O4S. The third-order valence-electron chi connectivity index (χ3n) is 4.56. The van der Waals surface area contributed by atoms with Crippen molar-refractivity contribution in [2.75, 3.05) is 24.5 Å². The Bertz CT molecular complexity index is 1050. The van der Waals surface area contributed by atoms with E-state index < -0.39 is 21.5 Å². The second-order valence-electron chi connectivity index (χ2n) is 6.42. The maximum Gasteiger partial charge on any atom is 0.251 e. The van der Waals surface area contributed by atoms with Crippen molar-refractivity contribution >= 4 is 21.6 Å². The summed E-state index contributed by atoms with van der Waals surface area (Å²) in [7, 11) is -3.70. The van der Waals surface area contributed by atoms with Crippen LogP contribution in [0.5, 0.6) is 0 Å². The summed E-state index contributed by atoms with van der Waals surface area (Å²) < 4.78 is 27.9. The highest BCUT2D eigenvalue weighted by molar-refractivity contribution is 7.89. The van der Waals surface area contributed by atoms with E-state index in [4.69, 9.17) is 5.26 Å². The minimum Gasteiger partial charge on any atom is -0.305 e. The first-order valence-electron chi connectivity index (χ1n) is 8.86. The standard InChI is InChI=1S/C19H20N4O4S/c20-10-13-23(16-6-2-1-3-7-16)19(25)15-21-14-17(8-9-18(21)24)28(26,27)22-11-4-5-12-22/h1-3,6-9,14H,4-5,11-13,15H2. The Balaban J connectivity index is 1.88. The highest BCUT2D eigenvalue weighted by Crippen LogP contribution is 2.20. The number of sulfonamides is 1. The average Bonchev–Trinajstić information content (AvgIpc) is 3.24. The van der Waals surface area contributed by atoms with Gasteiger partial charge in [-0.3, -0.25) is 14.5 Å². The van der Waals surface area contributed by atoms with Gasteiger partial charge in [0.1, 0.15) is 13.1 Å². The van der Waals surface area contributed by atoms with Crippen molar-refractivity contribution < 1.29 is 13.2 Å². The number of carbonyl (C=O) groups excluding carboxylic acids is 1. The van der Waals surface area contributed by atoms with Gasteiger partial charge in [0, 0.05) is 31.0 Å². The Morgan fingerprint density at radius 1 is 1.11 bits per heavy atom. The highest BCUT2D eigenvalue weighted by atomic mass is 32.2. The lowest BCUT2D eigenvalue weighted by molar-refractivity contribution is -0.119. The van der Waals surface area contributed by atoms with E-state index in [9.17, 15) is 18.0 Å². The van der Waals surface area contributed by atoms with Crippen LogP contribution in [-0.4, -0.2) is 42.8 Å². The van der Waals surface area contributed by atoms with Gasteiger partial charge < -0.3 is 4.57 Å². The molecule has 1 aliphatic heterocycles. The molecule has 3 rings (SSSR count). The Morgan fingerprint density at radius 2 is 1.79 bits per heavy atom. The van der Waals surface area contributed by atoms with Gasteiger partial charge in [0.05, 0.1) is 11.0 Å². The summed E-state index contributed by atoms with van der Waals surface area (Å²) in [5, 5.41) is 9.04. The van der Waals surface area contributed by atoms with Gasteiger partial charge >= 0.3 is 0 Å². The molecule has 0 atom stereocenters. The predicted octanol–water partition coefficient (Wildman–Crippen LogP) is 1.19. The summed E-state index contributed by atoms with van der Waals surface area (Å²) in [6.45, 7) is 0.358. The Hall–Kier alpha value is -2.96. The zero-order chi connectivity index (χ0) is 20.1. The van der Waals surface area contributed by atoms with E-state index in [-0.39, 0.29) is 18.0 Å². The fourth-order valence-electron chi connectivity index (χ4n) is 3.10. The van der Waals surface area contributed by atoms with E-state index in [1.165, 1.54) is 21.5 Å². The molecule has 1 aliphatic rings. The molecule has 9 heteroatoms. The molecule has 0 radical (unpaired) electrons. The fraction of sp³-hybridized carbons (Fsp3) is 0.316. The maximum atomic E-state index is 12.7. The third-order valence-corrected chi connectivity index (χ3v) is 6.44. The zero-order valence-electron chi connectivity index (χ0n) is 15.2. The lowest BCUT2D eigenvalue weighted by Crippen LogP contribution is -2.37. The number of para-hydroxylation sites is 1. The molecular weight excluding hydrogens is 380 g/mol. The van der Waals surface area contributed by atoms with Crippen LogP contribution in [0.3, 0.4) is 0 Å². The monoisotopic (exact) mass is 400 g/mol. The van der Waals surface area contributed by atoms with Crippen molar-refractivity contribution in [1.82, 2.24) is 8.87 Å². The zero-order valence-corrected chi connectivity index (χ0v) is 16.0. The molecule has 0 spiro atoms. The fourth-order valence-corrected chi connectivity index (χ4v) is 4.63. The molecule has 0 N–H and O–H groups in total. The van der Waals surface area contributed by atoms with Crippen molar-refractivity contribution in [3.8, 4) is 6.07 Å². The van der Waals surface area contributed by atoms with Crippen LogP contribution in [-0.2, 0) is 21.4 Å². The number of rotatable bonds is 6. The normalized spacial score (nSPS) is 14.5. The van der Waals surface area contributed by atoms with Gasteiger partial charge in [0.15, 0.2) is 0 Å². The predicted molar refractivity (Wildman–Crippen MR) is 103 cm³/mol. The minimum atomic E-state index is -3.70. The first-order valence-corrected chi connectivity index (χ1v) is 10.3. The molecule has 0 bridgehead atoms. The molecule has 2 heterocycles. The largest absolute Gasteiger partial charge is 0.305 e. The lowest BCUT2D eigenvalue weighted by Gasteiger charge is -2.21. The van der Waals surface area contributed by atoms with Gasteiger partial charge in [-0.2, -0.15) is 9.57 Å². The first kappa shape index (κ1) is 19.8. The van der Waals surface area contributed by atoms with Crippen molar-refractivity contribution in [1.29, 1.82) is 5.26 Å². The minimum absolute atomic E-state index is 0.0201. The van der Waals surface area contributed by atoms with Crippen LogP contribution in [0.25, 0.3) is 0 Å². The summed E-state index contributed by atoms with van der Waals surface area (Å²) in [6.07, 6.45) is 2.80. The topological polar surface area (TPSA) is 103 Å². The number of anilines is 1. The maximum absolute atomic E-state index is 12.7. The van der Waals surface area contributed by atoms with Gasteiger partial charge in [-0.25, -0.2) is 8.42 Å².